The van der Waals surface area contributed by atoms with Gasteiger partial charge in [0.1, 0.15) is 0 Å². The van der Waals surface area contributed by atoms with Crippen LogP contribution in [0.5, 0.6) is 0 Å². The van der Waals surface area contributed by atoms with E-state index in [0.29, 0.717) is 32.1 Å². The fourth-order valence-electron chi connectivity index (χ4n) is 2.39. The second-order valence-electron chi connectivity index (χ2n) is 5.68. The average molecular weight is 314 g/mol. The SMILES string of the molecule is CN=C(NCCC(=O)N(C)C)N1CCC(COCCOC)C1. The number of likely N-dealkylation sites (tertiary alicyclic amines) is 1. The van der Waals surface area contributed by atoms with Gasteiger partial charge in [-0.2, -0.15) is 0 Å². The van der Waals surface area contributed by atoms with E-state index in [4.69, 9.17) is 9.47 Å². The third-order valence-electron chi connectivity index (χ3n) is 3.70. The molecule has 1 aliphatic rings. The first-order valence-electron chi connectivity index (χ1n) is 7.81. The highest BCUT2D eigenvalue weighted by molar-refractivity contribution is 5.81. The van der Waals surface area contributed by atoms with Gasteiger partial charge in [0.05, 0.1) is 19.8 Å². The smallest absolute Gasteiger partial charge is 0.223 e. The lowest BCUT2D eigenvalue weighted by Gasteiger charge is -2.22. The van der Waals surface area contributed by atoms with Crippen LogP contribution in [0.4, 0.5) is 0 Å². The zero-order valence-corrected chi connectivity index (χ0v) is 14.3. The second kappa shape index (κ2) is 10.4. The van der Waals surface area contributed by atoms with E-state index < -0.39 is 0 Å². The summed E-state index contributed by atoms with van der Waals surface area (Å²) in [4.78, 5) is 19.7. The number of carbonyl (C=O) groups is 1. The molecule has 1 N–H and O–H groups in total. The Morgan fingerprint density at radius 1 is 1.41 bits per heavy atom. The number of aliphatic imine (C=N–C) groups is 1. The molecule has 1 fully saturated rings. The van der Waals surface area contributed by atoms with Crippen LogP contribution in [0, 0.1) is 5.92 Å². The van der Waals surface area contributed by atoms with Crippen LogP contribution >= 0.6 is 0 Å². The van der Waals surface area contributed by atoms with Gasteiger partial charge in [-0.3, -0.25) is 9.79 Å². The lowest BCUT2D eigenvalue weighted by molar-refractivity contribution is -0.128. The van der Waals surface area contributed by atoms with E-state index in [2.05, 4.69) is 15.2 Å². The van der Waals surface area contributed by atoms with E-state index in [9.17, 15) is 4.79 Å². The van der Waals surface area contributed by atoms with Crippen LogP contribution in [0.25, 0.3) is 0 Å². The number of hydrogen-bond acceptors (Lipinski definition) is 4. The maximum absolute atomic E-state index is 11.6. The molecule has 0 bridgehead atoms. The van der Waals surface area contributed by atoms with Crippen molar-refractivity contribution in [3.8, 4) is 0 Å². The Balaban J connectivity index is 2.26. The van der Waals surface area contributed by atoms with E-state index in [0.717, 1.165) is 32.1 Å². The van der Waals surface area contributed by atoms with Crippen LogP contribution in [-0.4, -0.2) is 89.4 Å². The summed E-state index contributed by atoms with van der Waals surface area (Å²) >= 11 is 0. The van der Waals surface area contributed by atoms with Crippen molar-refractivity contribution in [1.82, 2.24) is 15.1 Å². The van der Waals surface area contributed by atoms with Gasteiger partial charge in [-0.1, -0.05) is 0 Å². The summed E-state index contributed by atoms with van der Waals surface area (Å²) in [7, 11) is 6.99. The Labute approximate surface area is 133 Å². The lowest BCUT2D eigenvalue weighted by Crippen LogP contribution is -2.41. The summed E-state index contributed by atoms with van der Waals surface area (Å²) in [6.45, 7) is 4.56. The minimum atomic E-state index is 0.119. The molecular weight excluding hydrogens is 284 g/mol. The molecule has 1 heterocycles. The first-order chi connectivity index (χ1) is 10.6. The predicted molar refractivity (Wildman–Crippen MR) is 87.0 cm³/mol. The van der Waals surface area contributed by atoms with Crippen LogP contribution in [0.3, 0.4) is 0 Å². The van der Waals surface area contributed by atoms with E-state index in [-0.39, 0.29) is 5.91 Å². The molecule has 0 aliphatic carbocycles. The monoisotopic (exact) mass is 314 g/mol. The summed E-state index contributed by atoms with van der Waals surface area (Å²) in [5, 5.41) is 3.26. The molecule has 1 unspecified atom stereocenters. The minimum Gasteiger partial charge on any atom is -0.382 e. The normalized spacial score (nSPS) is 18.6. The number of nitrogens with one attached hydrogen (secondary N) is 1. The predicted octanol–water partition coefficient (Wildman–Crippen LogP) is 0.0250. The van der Waals surface area contributed by atoms with Crippen LogP contribution in [-0.2, 0) is 14.3 Å². The average Bonchev–Trinajstić information content (AvgIpc) is 2.96. The van der Waals surface area contributed by atoms with Crippen LogP contribution in [0.1, 0.15) is 12.8 Å². The Bertz CT molecular complexity index is 361. The van der Waals surface area contributed by atoms with Crippen LogP contribution in [0.2, 0.25) is 0 Å². The first kappa shape index (κ1) is 18.7. The van der Waals surface area contributed by atoms with Gasteiger partial charge in [0.2, 0.25) is 5.91 Å². The van der Waals surface area contributed by atoms with E-state index in [1.54, 1.807) is 33.2 Å². The molecule has 1 atom stereocenters. The zero-order valence-electron chi connectivity index (χ0n) is 14.3. The van der Waals surface area contributed by atoms with E-state index in [1.165, 1.54) is 0 Å². The lowest BCUT2D eigenvalue weighted by atomic mass is 10.1. The highest BCUT2D eigenvalue weighted by Gasteiger charge is 2.24. The number of nitrogens with zero attached hydrogens (tertiary/aromatic N) is 3. The quantitative estimate of drug-likeness (QED) is 0.389. The molecule has 0 aromatic heterocycles. The van der Waals surface area contributed by atoms with Crippen LogP contribution < -0.4 is 5.32 Å². The molecule has 128 valence electrons. The zero-order chi connectivity index (χ0) is 16.4. The van der Waals surface area contributed by atoms with Crippen molar-refractivity contribution < 1.29 is 14.3 Å². The number of amides is 1. The topological polar surface area (TPSA) is 66.4 Å². The summed E-state index contributed by atoms with van der Waals surface area (Å²) in [6, 6.07) is 0. The Morgan fingerprint density at radius 3 is 2.82 bits per heavy atom. The van der Waals surface area contributed by atoms with Crippen LogP contribution in [0.15, 0.2) is 4.99 Å². The van der Waals surface area contributed by atoms with Crippen molar-refractivity contribution >= 4 is 11.9 Å². The number of methoxy groups -OCH3 is 1. The fraction of sp³-hybridized carbons (Fsp3) is 0.867. The van der Waals surface area contributed by atoms with Gasteiger partial charge in [-0.05, 0) is 6.42 Å². The summed E-state index contributed by atoms with van der Waals surface area (Å²) < 4.78 is 10.6. The standard InChI is InChI=1S/C15H30N4O3/c1-16-15(17-7-5-14(20)18(2)3)19-8-6-13(11-19)12-22-10-9-21-4/h13H,5-12H2,1-4H3,(H,16,17). The van der Waals surface area contributed by atoms with Gasteiger partial charge in [0.25, 0.3) is 0 Å². The number of guanidine groups is 1. The van der Waals surface area contributed by atoms with Gasteiger partial charge in [-0.15, -0.1) is 0 Å². The number of rotatable bonds is 8. The summed E-state index contributed by atoms with van der Waals surface area (Å²) in [6.07, 6.45) is 1.58. The third kappa shape index (κ3) is 6.62. The molecular formula is C15H30N4O3. The molecule has 22 heavy (non-hydrogen) atoms. The molecule has 0 aromatic carbocycles. The number of ether oxygens (including phenoxy) is 2. The minimum absolute atomic E-state index is 0.119. The third-order valence-corrected chi connectivity index (χ3v) is 3.70. The van der Waals surface area contributed by atoms with Crippen molar-refractivity contribution in [1.29, 1.82) is 0 Å². The van der Waals surface area contributed by atoms with Gasteiger partial charge < -0.3 is 24.6 Å². The maximum atomic E-state index is 11.6. The fourth-order valence-corrected chi connectivity index (χ4v) is 2.39. The van der Waals surface area contributed by atoms with Gasteiger partial charge in [0.15, 0.2) is 5.96 Å². The summed E-state index contributed by atoms with van der Waals surface area (Å²) in [5.74, 6) is 1.51. The van der Waals surface area contributed by atoms with Crippen molar-refractivity contribution in [3.05, 3.63) is 0 Å². The first-order valence-corrected chi connectivity index (χ1v) is 7.81. The molecule has 7 nitrogen and oxygen atoms in total. The second-order valence-corrected chi connectivity index (χ2v) is 5.68. The molecule has 0 radical (unpaired) electrons. The van der Waals surface area contributed by atoms with Crippen molar-refractivity contribution in [2.45, 2.75) is 12.8 Å². The molecule has 1 amide bonds. The number of hydrogen-bond donors (Lipinski definition) is 1. The van der Waals surface area contributed by atoms with Gasteiger partial charge in [-0.25, -0.2) is 0 Å². The van der Waals surface area contributed by atoms with E-state index in [1.807, 2.05) is 0 Å². The van der Waals surface area contributed by atoms with Gasteiger partial charge in [0, 0.05) is 60.2 Å². The Kier molecular flexibility index (Phi) is 8.84. The molecule has 1 saturated heterocycles. The van der Waals surface area contributed by atoms with Gasteiger partial charge >= 0.3 is 0 Å². The van der Waals surface area contributed by atoms with Crippen molar-refractivity contribution in [2.75, 3.05) is 67.7 Å². The van der Waals surface area contributed by atoms with E-state index >= 15 is 0 Å². The van der Waals surface area contributed by atoms with Crippen molar-refractivity contribution in [3.63, 3.8) is 0 Å². The Hall–Kier alpha value is -1.34. The largest absolute Gasteiger partial charge is 0.382 e. The molecule has 1 rings (SSSR count). The molecule has 0 spiro atoms. The molecule has 0 aromatic rings. The Morgan fingerprint density at radius 2 is 2.18 bits per heavy atom. The molecule has 0 saturated carbocycles. The highest BCUT2D eigenvalue weighted by atomic mass is 16.5. The number of carbonyl (C=O) groups excluding carboxylic acids is 1. The highest BCUT2D eigenvalue weighted by Crippen LogP contribution is 2.16. The summed E-state index contributed by atoms with van der Waals surface area (Å²) in [5.41, 5.74) is 0. The maximum Gasteiger partial charge on any atom is 0.223 e. The molecule has 1 aliphatic heterocycles. The van der Waals surface area contributed by atoms with Crippen molar-refractivity contribution in [2.24, 2.45) is 10.9 Å². The molecule has 7 heteroatoms.